The molecule has 0 fully saturated rings. The van der Waals surface area contributed by atoms with E-state index in [9.17, 15) is 0 Å². The van der Waals surface area contributed by atoms with Crippen molar-refractivity contribution in [1.82, 2.24) is 0 Å². The summed E-state index contributed by atoms with van der Waals surface area (Å²) in [6.45, 7) is 0. The van der Waals surface area contributed by atoms with Gasteiger partial charge >= 0.3 is 0 Å². The van der Waals surface area contributed by atoms with E-state index < -0.39 is 0 Å². The van der Waals surface area contributed by atoms with Gasteiger partial charge in [-0.15, -0.1) is 0 Å². The average molecular weight is 223 g/mol. The summed E-state index contributed by atoms with van der Waals surface area (Å²) in [5.74, 6) is 0. The summed E-state index contributed by atoms with van der Waals surface area (Å²) in [6.07, 6.45) is 4.15. The molecule has 0 saturated heterocycles. The molecule has 0 bridgehead atoms. The first-order chi connectivity index (χ1) is 8.38. The first kappa shape index (κ1) is 9.23. The van der Waals surface area contributed by atoms with Gasteiger partial charge in [0.1, 0.15) is 0 Å². The van der Waals surface area contributed by atoms with Crippen LogP contribution in [0.1, 0.15) is 28.7 Å². The standard InChI is InChI=1S/C15H13NO/c17-16-13-8-6-11-4-3-9-1-2-10-5-7-12(13)15(11)14(9)10/h3-5,7,17H,1-2,6,8H2/b16-13+. The van der Waals surface area contributed by atoms with Crippen LogP contribution in [0.25, 0.3) is 10.8 Å². The summed E-state index contributed by atoms with van der Waals surface area (Å²) in [4.78, 5) is 0. The lowest BCUT2D eigenvalue weighted by Crippen LogP contribution is -2.11. The molecule has 0 unspecified atom stereocenters. The number of nitrogens with zero attached hydrogens (tertiary/aromatic N) is 1. The lowest BCUT2D eigenvalue weighted by molar-refractivity contribution is 0.318. The molecule has 2 aliphatic rings. The first-order valence-electron chi connectivity index (χ1n) is 6.16. The molecule has 84 valence electrons. The second-order valence-electron chi connectivity index (χ2n) is 4.95. The van der Waals surface area contributed by atoms with Crippen molar-refractivity contribution in [3.05, 3.63) is 46.5 Å². The van der Waals surface area contributed by atoms with E-state index in [1.54, 1.807) is 0 Å². The normalized spacial score (nSPS) is 19.2. The summed E-state index contributed by atoms with van der Waals surface area (Å²) >= 11 is 0. The van der Waals surface area contributed by atoms with Crippen molar-refractivity contribution in [3.63, 3.8) is 0 Å². The highest BCUT2D eigenvalue weighted by Crippen LogP contribution is 2.38. The van der Waals surface area contributed by atoms with Crippen molar-refractivity contribution >= 4 is 16.5 Å². The van der Waals surface area contributed by atoms with Crippen LogP contribution < -0.4 is 0 Å². The molecule has 0 aliphatic heterocycles. The molecular formula is C15H13NO. The molecule has 0 spiro atoms. The van der Waals surface area contributed by atoms with Crippen molar-refractivity contribution < 1.29 is 5.21 Å². The van der Waals surface area contributed by atoms with Crippen molar-refractivity contribution in [1.29, 1.82) is 0 Å². The maximum Gasteiger partial charge on any atom is 0.0877 e. The van der Waals surface area contributed by atoms with Crippen LogP contribution in [0.4, 0.5) is 0 Å². The smallest absolute Gasteiger partial charge is 0.0877 e. The van der Waals surface area contributed by atoms with Gasteiger partial charge in [0.25, 0.3) is 0 Å². The average Bonchev–Trinajstić information content (AvgIpc) is 2.81. The van der Waals surface area contributed by atoms with E-state index in [0.29, 0.717) is 0 Å². The Balaban J connectivity index is 2.22. The van der Waals surface area contributed by atoms with Crippen LogP contribution in [0.5, 0.6) is 0 Å². The van der Waals surface area contributed by atoms with Gasteiger partial charge in [-0.1, -0.05) is 29.4 Å². The minimum Gasteiger partial charge on any atom is -0.411 e. The van der Waals surface area contributed by atoms with Crippen LogP contribution in [0.3, 0.4) is 0 Å². The van der Waals surface area contributed by atoms with Gasteiger partial charge in [-0.25, -0.2) is 0 Å². The van der Waals surface area contributed by atoms with Crippen LogP contribution in [-0.2, 0) is 19.3 Å². The number of oxime groups is 1. The van der Waals surface area contributed by atoms with E-state index in [4.69, 9.17) is 5.21 Å². The molecule has 4 rings (SSSR count). The van der Waals surface area contributed by atoms with Crippen LogP contribution >= 0.6 is 0 Å². The van der Waals surface area contributed by atoms with E-state index in [1.165, 1.54) is 27.5 Å². The van der Waals surface area contributed by atoms with Gasteiger partial charge in [-0.2, -0.15) is 0 Å². The van der Waals surface area contributed by atoms with Crippen LogP contribution in [0, 0.1) is 0 Å². The molecule has 17 heavy (non-hydrogen) atoms. The van der Waals surface area contributed by atoms with Crippen LogP contribution in [-0.4, -0.2) is 10.9 Å². The fraction of sp³-hybridized carbons (Fsp3) is 0.267. The maximum absolute atomic E-state index is 9.11. The van der Waals surface area contributed by atoms with Gasteiger partial charge in [-0.3, -0.25) is 0 Å². The van der Waals surface area contributed by atoms with E-state index in [2.05, 4.69) is 29.4 Å². The van der Waals surface area contributed by atoms with Gasteiger partial charge < -0.3 is 5.21 Å². The first-order valence-corrected chi connectivity index (χ1v) is 6.16. The second kappa shape index (κ2) is 3.10. The van der Waals surface area contributed by atoms with E-state index in [1.807, 2.05) is 0 Å². The zero-order valence-electron chi connectivity index (χ0n) is 9.53. The van der Waals surface area contributed by atoms with Gasteiger partial charge in [0, 0.05) is 5.56 Å². The Morgan fingerprint density at radius 2 is 1.35 bits per heavy atom. The molecule has 2 nitrogen and oxygen atoms in total. The van der Waals surface area contributed by atoms with Crippen molar-refractivity contribution in [2.24, 2.45) is 5.16 Å². The Labute approximate surface area is 99.6 Å². The zero-order chi connectivity index (χ0) is 11.4. The molecule has 0 radical (unpaired) electrons. The fourth-order valence-corrected chi connectivity index (χ4v) is 3.34. The van der Waals surface area contributed by atoms with E-state index >= 15 is 0 Å². The Morgan fingerprint density at radius 3 is 2.06 bits per heavy atom. The topological polar surface area (TPSA) is 32.6 Å². The quantitative estimate of drug-likeness (QED) is 0.540. The number of aryl methyl sites for hydroxylation is 3. The molecule has 2 heteroatoms. The van der Waals surface area contributed by atoms with Crippen molar-refractivity contribution in [2.75, 3.05) is 0 Å². The molecule has 0 aromatic heterocycles. The third-order valence-electron chi connectivity index (χ3n) is 4.15. The minimum atomic E-state index is 0.841. The molecule has 2 aromatic carbocycles. The van der Waals surface area contributed by atoms with Crippen molar-refractivity contribution in [2.45, 2.75) is 25.7 Å². The number of benzene rings is 2. The van der Waals surface area contributed by atoms with E-state index in [0.717, 1.165) is 37.0 Å². The Hall–Kier alpha value is -1.83. The SMILES string of the molecule is O/N=C1\CCc2ccc3c4c(ccc1c24)CC3. The number of rotatable bonds is 0. The summed E-state index contributed by atoms with van der Waals surface area (Å²) in [5, 5.41) is 15.4. The monoisotopic (exact) mass is 223 g/mol. The van der Waals surface area contributed by atoms with Gasteiger partial charge in [0.2, 0.25) is 0 Å². The highest BCUT2D eigenvalue weighted by Gasteiger charge is 2.23. The summed E-state index contributed by atoms with van der Waals surface area (Å²) in [6, 6.07) is 8.86. The highest BCUT2D eigenvalue weighted by atomic mass is 16.4. The summed E-state index contributed by atoms with van der Waals surface area (Å²) in [7, 11) is 0. The van der Waals surface area contributed by atoms with Gasteiger partial charge in [0.15, 0.2) is 0 Å². The Kier molecular flexibility index (Phi) is 1.68. The Bertz CT molecular complexity index is 660. The summed E-state index contributed by atoms with van der Waals surface area (Å²) < 4.78 is 0. The molecule has 0 amide bonds. The summed E-state index contributed by atoms with van der Waals surface area (Å²) in [5.41, 5.74) is 6.30. The third kappa shape index (κ3) is 1.08. The molecule has 2 aliphatic carbocycles. The zero-order valence-corrected chi connectivity index (χ0v) is 9.53. The maximum atomic E-state index is 9.11. The largest absolute Gasteiger partial charge is 0.411 e. The van der Waals surface area contributed by atoms with Crippen LogP contribution in [0.15, 0.2) is 29.4 Å². The minimum absolute atomic E-state index is 0.841. The van der Waals surface area contributed by atoms with E-state index in [-0.39, 0.29) is 0 Å². The number of hydrogen-bond donors (Lipinski definition) is 1. The van der Waals surface area contributed by atoms with Gasteiger partial charge in [-0.05, 0) is 53.1 Å². The molecule has 0 heterocycles. The van der Waals surface area contributed by atoms with Crippen molar-refractivity contribution in [3.8, 4) is 0 Å². The Morgan fingerprint density at radius 1 is 0.765 bits per heavy atom. The fourth-order valence-electron chi connectivity index (χ4n) is 3.34. The molecular weight excluding hydrogens is 210 g/mol. The predicted octanol–water partition coefficient (Wildman–Crippen LogP) is 3.06. The molecule has 1 N–H and O–H groups in total. The highest BCUT2D eigenvalue weighted by molar-refractivity contribution is 6.15. The lowest BCUT2D eigenvalue weighted by Gasteiger charge is -2.19. The molecule has 0 saturated carbocycles. The number of hydrogen-bond acceptors (Lipinski definition) is 2. The molecule has 0 atom stereocenters. The van der Waals surface area contributed by atoms with Gasteiger partial charge in [0.05, 0.1) is 5.71 Å². The second-order valence-corrected chi connectivity index (χ2v) is 4.95. The molecule has 2 aromatic rings. The third-order valence-corrected chi connectivity index (χ3v) is 4.15. The lowest BCUT2D eigenvalue weighted by atomic mass is 9.85. The predicted molar refractivity (Wildman–Crippen MR) is 68.0 cm³/mol. The van der Waals surface area contributed by atoms with Crippen LogP contribution in [0.2, 0.25) is 0 Å².